The van der Waals surface area contributed by atoms with Crippen LogP contribution in [0.1, 0.15) is 100 Å². The zero-order chi connectivity index (χ0) is 27.1. The molecular formula is C33H42Cl4N3Nd. The molecule has 0 aliphatic carbocycles. The maximum atomic E-state index is 6.61. The second-order valence-electron chi connectivity index (χ2n) is 9.60. The van der Waals surface area contributed by atoms with Gasteiger partial charge in [0.05, 0.1) is 34.2 Å². The van der Waals surface area contributed by atoms with E-state index in [0.29, 0.717) is 5.02 Å². The number of halogens is 4. The van der Waals surface area contributed by atoms with Crippen molar-refractivity contribution in [1.82, 2.24) is 4.98 Å². The van der Waals surface area contributed by atoms with Crippen molar-refractivity contribution in [1.29, 1.82) is 0 Å². The van der Waals surface area contributed by atoms with Crippen molar-refractivity contribution in [3.63, 3.8) is 0 Å². The van der Waals surface area contributed by atoms with E-state index in [2.05, 4.69) is 65.8 Å². The zero-order valence-electron chi connectivity index (χ0n) is 25.6. The van der Waals surface area contributed by atoms with Crippen LogP contribution in [0.2, 0.25) is 5.02 Å². The van der Waals surface area contributed by atoms with Gasteiger partial charge in [0.1, 0.15) is 0 Å². The van der Waals surface area contributed by atoms with Crippen LogP contribution < -0.4 is 37.2 Å². The Morgan fingerprint density at radius 2 is 0.854 bits per heavy atom. The molecule has 0 aliphatic heterocycles. The molecule has 0 saturated heterocycles. The first-order valence-electron chi connectivity index (χ1n) is 13.9. The molecule has 0 amide bonds. The van der Waals surface area contributed by atoms with Crippen LogP contribution in [-0.4, -0.2) is 16.4 Å². The molecule has 0 unspecified atom stereocenters. The second-order valence-corrected chi connectivity index (χ2v) is 10.0. The third kappa shape index (κ3) is 10.8. The second kappa shape index (κ2) is 20.4. The number of nitrogens with zero attached hydrogens (tertiary/aromatic N) is 3. The van der Waals surface area contributed by atoms with Crippen LogP contribution in [0.15, 0.2) is 46.4 Å². The molecular weight excluding hydrogens is 724 g/mol. The van der Waals surface area contributed by atoms with Gasteiger partial charge in [0, 0.05) is 5.02 Å². The predicted octanol–water partition coefficient (Wildman–Crippen LogP) is 0.403. The van der Waals surface area contributed by atoms with Crippen molar-refractivity contribution < 1.29 is 78.1 Å². The maximum Gasteiger partial charge on any atom is 3.00 e. The van der Waals surface area contributed by atoms with Gasteiger partial charge in [-0.25, -0.2) is 4.98 Å². The monoisotopic (exact) mass is 762 g/mol. The number of aryl methyl sites for hydroxylation is 6. The van der Waals surface area contributed by atoms with E-state index in [0.717, 1.165) is 72.7 Å². The van der Waals surface area contributed by atoms with Crippen molar-refractivity contribution in [2.75, 3.05) is 0 Å². The number of rotatable bonds is 10. The van der Waals surface area contributed by atoms with Gasteiger partial charge < -0.3 is 37.2 Å². The van der Waals surface area contributed by atoms with E-state index in [9.17, 15) is 0 Å². The zero-order valence-corrected chi connectivity index (χ0v) is 31.8. The summed E-state index contributed by atoms with van der Waals surface area (Å²) in [6.07, 6.45) is 5.85. The van der Waals surface area contributed by atoms with Crippen molar-refractivity contribution in [3.05, 3.63) is 86.2 Å². The van der Waals surface area contributed by atoms with Gasteiger partial charge in [-0.05, 0) is 97.9 Å². The fraction of sp³-hybridized carbons (Fsp3) is 0.424. The molecule has 3 nitrogen and oxygen atoms in total. The quantitative estimate of drug-likeness (QED) is 0.276. The molecule has 0 fully saturated rings. The topological polar surface area (TPSA) is 37.6 Å². The summed E-state index contributed by atoms with van der Waals surface area (Å²) < 4.78 is 0. The van der Waals surface area contributed by atoms with Gasteiger partial charge in [-0.2, -0.15) is 0 Å². The van der Waals surface area contributed by atoms with Crippen LogP contribution in [0.3, 0.4) is 0 Å². The number of benzene rings is 2. The van der Waals surface area contributed by atoms with E-state index in [4.69, 9.17) is 26.6 Å². The van der Waals surface area contributed by atoms with Gasteiger partial charge in [0.15, 0.2) is 0 Å². The first-order valence-corrected chi connectivity index (χ1v) is 14.2. The number of pyridine rings is 1. The number of hydrogen-bond acceptors (Lipinski definition) is 3. The summed E-state index contributed by atoms with van der Waals surface area (Å²) in [4.78, 5) is 15.2. The Morgan fingerprint density at radius 3 is 1.10 bits per heavy atom. The van der Waals surface area contributed by atoms with Gasteiger partial charge in [0.2, 0.25) is 0 Å². The van der Waals surface area contributed by atoms with E-state index >= 15 is 0 Å². The largest absolute Gasteiger partial charge is 3.00 e. The van der Waals surface area contributed by atoms with E-state index in [-0.39, 0.29) is 78.1 Å². The Morgan fingerprint density at radius 1 is 0.561 bits per heavy atom. The molecule has 0 N–H and O–H groups in total. The fourth-order valence-electron chi connectivity index (χ4n) is 4.76. The summed E-state index contributed by atoms with van der Waals surface area (Å²) >= 11 is 6.61. The molecule has 1 radical (unpaired) electrons. The van der Waals surface area contributed by atoms with Crippen LogP contribution in [-0.2, 0) is 38.5 Å². The minimum absolute atomic E-state index is 0. The molecule has 0 atom stereocenters. The van der Waals surface area contributed by atoms with Gasteiger partial charge in [-0.15, -0.1) is 0 Å². The molecule has 8 heteroatoms. The molecule has 1 heterocycles. The fourth-order valence-corrected chi connectivity index (χ4v) is 4.96. The number of aliphatic imine (C=N–C) groups is 2. The Balaban J connectivity index is 0. The van der Waals surface area contributed by atoms with Crippen LogP contribution in [0.4, 0.5) is 11.4 Å². The predicted molar refractivity (Wildman–Crippen MR) is 162 cm³/mol. The van der Waals surface area contributed by atoms with Crippen molar-refractivity contribution in [3.8, 4) is 0 Å². The first-order chi connectivity index (χ1) is 17.8. The Bertz CT molecular complexity index is 1190. The van der Waals surface area contributed by atoms with Gasteiger partial charge >= 0.3 is 40.8 Å². The molecule has 2 aromatic carbocycles. The van der Waals surface area contributed by atoms with Crippen molar-refractivity contribution in [2.24, 2.45) is 9.98 Å². The summed E-state index contributed by atoms with van der Waals surface area (Å²) in [5.74, 6) is 0. The molecule has 221 valence electrons. The van der Waals surface area contributed by atoms with Crippen LogP contribution in [0, 0.1) is 40.8 Å². The molecule has 41 heavy (non-hydrogen) atoms. The standard InChI is InChI=1S/C33H42ClN3.3ClH.Nd/c1-9-23-15-25(11-3)32(26(12-4)16-23)35-21(7)30-19-29(34)20-31(37-30)22(8)36-33-27(13-5)17-24(10-2)18-28(33)14-6;;;;/h15-20H,9-14H2,1-8H3;3*1H;/q;;;;+3/p-3. The summed E-state index contributed by atoms with van der Waals surface area (Å²) in [5, 5.41) is 0.643. The van der Waals surface area contributed by atoms with E-state index < -0.39 is 0 Å². The average molecular weight is 767 g/mol. The maximum absolute atomic E-state index is 6.61. The Labute approximate surface area is 304 Å². The third-order valence-corrected chi connectivity index (χ3v) is 7.30. The molecule has 0 saturated carbocycles. The molecule has 1 aromatic heterocycles. The van der Waals surface area contributed by atoms with Gasteiger partial charge in [0.25, 0.3) is 0 Å². The average Bonchev–Trinajstić information content (AvgIpc) is 2.92. The third-order valence-electron chi connectivity index (χ3n) is 7.09. The molecule has 0 spiro atoms. The molecule has 3 aromatic rings. The van der Waals surface area contributed by atoms with E-state index in [1.54, 1.807) is 0 Å². The summed E-state index contributed by atoms with van der Waals surface area (Å²) in [6, 6.07) is 13.0. The Kier molecular flexibility index (Phi) is 21.2. The summed E-state index contributed by atoms with van der Waals surface area (Å²) in [5.41, 5.74) is 13.3. The molecule has 3 rings (SSSR count). The van der Waals surface area contributed by atoms with E-state index in [1.165, 1.54) is 33.4 Å². The number of aromatic nitrogens is 1. The van der Waals surface area contributed by atoms with Gasteiger partial charge in [-0.3, -0.25) is 9.98 Å². The Hall–Kier alpha value is -0.559. The molecule has 0 bridgehead atoms. The minimum Gasteiger partial charge on any atom is -1.00 e. The van der Waals surface area contributed by atoms with Crippen LogP contribution in [0.25, 0.3) is 0 Å². The van der Waals surface area contributed by atoms with Crippen molar-refractivity contribution in [2.45, 2.75) is 93.9 Å². The summed E-state index contributed by atoms with van der Waals surface area (Å²) in [6.45, 7) is 17.2. The molecule has 0 aliphatic rings. The first kappa shape index (κ1) is 42.6. The van der Waals surface area contributed by atoms with Gasteiger partial charge in [-0.1, -0.05) is 77.4 Å². The van der Waals surface area contributed by atoms with Crippen molar-refractivity contribution >= 4 is 34.4 Å². The van der Waals surface area contributed by atoms with Crippen LogP contribution >= 0.6 is 11.6 Å². The summed E-state index contributed by atoms with van der Waals surface area (Å²) in [7, 11) is 0. The number of hydrogen-bond donors (Lipinski definition) is 0. The minimum atomic E-state index is 0. The normalized spacial score (nSPS) is 11.1. The van der Waals surface area contributed by atoms with E-state index in [1.807, 2.05) is 26.0 Å². The van der Waals surface area contributed by atoms with Crippen LogP contribution in [0.5, 0.6) is 0 Å². The SMILES string of the molecule is CCc1cc(CC)c(N=C(C)c2cc(Cl)cc(C(C)=Nc3c(CC)cc(CC)cc3CC)n2)c(CC)c1.[Cl-].[Cl-].[Cl-].[Nd+3]. The smallest absolute Gasteiger partial charge is 1.00 e.